The molecule has 1 N–H and O–H groups in total. The number of nitriles is 1. The number of fused-ring (bicyclic) bond motifs is 1. The fraction of sp³-hybridized carbons (Fsp3) is 0.250. The molecule has 0 atom stereocenters. The highest BCUT2D eigenvalue weighted by atomic mass is 16.3. The van der Waals surface area contributed by atoms with Gasteiger partial charge in [0.1, 0.15) is 5.82 Å². The van der Waals surface area contributed by atoms with Gasteiger partial charge in [-0.1, -0.05) is 55.8 Å². The fourth-order valence-electron chi connectivity index (χ4n) is 3.70. The lowest BCUT2D eigenvalue weighted by Crippen LogP contribution is -2.08. The van der Waals surface area contributed by atoms with Gasteiger partial charge in [0.25, 0.3) is 5.78 Å². The molecular formula is C24H23N5O. The summed E-state index contributed by atoms with van der Waals surface area (Å²) >= 11 is 0. The highest BCUT2D eigenvalue weighted by Gasteiger charge is 2.17. The Morgan fingerprint density at radius 2 is 1.83 bits per heavy atom. The van der Waals surface area contributed by atoms with Crippen molar-refractivity contribution in [3.05, 3.63) is 76.7 Å². The van der Waals surface area contributed by atoms with Crippen molar-refractivity contribution in [2.24, 2.45) is 0 Å². The van der Waals surface area contributed by atoms with E-state index in [-0.39, 0.29) is 5.88 Å². The molecule has 4 rings (SSSR count). The minimum absolute atomic E-state index is 0.0138. The molecule has 0 aliphatic heterocycles. The summed E-state index contributed by atoms with van der Waals surface area (Å²) in [5.41, 5.74) is 5.36. The predicted octanol–water partition coefficient (Wildman–Crippen LogP) is 4.61. The van der Waals surface area contributed by atoms with Crippen LogP contribution in [0.1, 0.15) is 48.0 Å². The summed E-state index contributed by atoms with van der Waals surface area (Å²) in [4.78, 5) is 8.56. The van der Waals surface area contributed by atoms with Crippen molar-refractivity contribution in [3.63, 3.8) is 0 Å². The van der Waals surface area contributed by atoms with Crippen molar-refractivity contribution in [1.29, 1.82) is 5.26 Å². The molecule has 0 aliphatic rings. The Labute approximate surface area is 175 Å². The maximum Gasteiger partial charge on any atom is 0.255 e. The largest absolute Gasteiger partial charge is 0.493 e. The highest BCUT2D eigenvalue weighted by molar-refractivity contribution is 5.70. The highest BCUT2D eigenvalue weighted by Crippen LogP contribution is 2.27. The van der Waals surface area contributed by atoms with Gasteiger partial charge in [-0.25, -0.2) is 4.52 Å². The SMILES string of the molecule is CCCCc1c(Cc2ccc(-c3ccccc3C#N)cc2)c(O)nc2nc(C)nn12. The van der Waals surface area contributed by atoms with Crippen molar-refractivity contribution in [3.8, 4) is 23.1 Å². The topological polar surface area (TPSA) is 87.1 Å². The van der Waals surface area contributed by atoms with Crippen LogP contribution in [0, 0.1) is 18.3 Å². The van der Waals surface area contributed by atoms with Crippen molar-refractivity contribution >= 4 is 5.78 Å². The lowest BCUT2D eigenvalue weighted by atomic mass is 9.97. The molecule has 0 fully saturated rings. The lowest BCUT2D eigenvalue weighted by Gasteiger charge is -2.13. The molecule has 2 aromatic heterocycles. The Hall–Kier alpha value is -3.72. The van der Waals surface area contributed by atoms with Gasteiger partial charge in [0.15, 0.2) is 0 Å². The van der Waals surface area contributed by atoms with Crippen LogP contribution >= 0.6 is 0 Å². The van der Waals surface area contributed by atoms with Crippen LogP contribution < -0.4 is 0 Å². The minimum atomic E-state index is 0.0138. The third-order valence-electron chi connectivity index (χ3n) is 5.24. The smallest absolute Gasteiger partial charge is 0.255 e. The second-order valence-corrected chi connectivity index (χ2v) is 7.37. The molecule has 0 radical (unpaired) electrons. The molecule has 2 heterocycles. The zero-order chi connectivity index (χ0) is 21.1. The van der Waals surface area contributed by atoms with E-state index >= 15 is 0 Å². The van der Waals surface area contributed by atoms with Gasteiger partial charge in [-0.05, 0) is 42.5 Å². The molecule has 0 saturated carbocycles. The average molecular weight is 397 g/mol. The van der Waals surface area contributed by atoms with Crippen LogP contribution in [0.4, 0.5) is 0 Å². The van der Waals surface area contributed by atoms with Gasteiger partial charge >= 0.3 is 0 Å². The third kappa shape index (κ3) is 3.74. The maximum absolute atomic E-state index is 10.6. The van der Waals surface area contributed by atoms with Crippen LogP contribution in [0.3, 0.4) is 0 Å². The summed E-state index contributed by atoms with van der Waals surface area (Å²) in [5.74, 6) is 1.08. The standard InChI is InChI=1S/C24H23N5O/c1-3-4-9-22-21(23(30)27-24-26-16(2)28-29(22)24)14-17-10-12-18(13-11-17)20-8-6-5-7-19(20)15-25/h5-8,10-13H,3-4,9,14H2,1-2H3,(H,26,27,28,30). The summed E-state index contributed by atoms with van der Waals surface area (Å²) in [5, 5.41) is 24.5. The Kier molecular flexibility index (Phi) is 5.44. The molecule has 2 aromatic carbocycles. The van der Waals surface area contributed by atoms with Crippen molar-refractivity contribution in [2.45, 2.75) is 39.5 Å². The zero-order valence-corrected chi connectivity index (χ0v) is 17.1. The first-order chi connectivity index (χ1) is 14.6. The van der Waals surface area contributed by atoms with Crippen LogP contribution in [-0.2, 0) is 12.8 Å². The number of hydrogen-bond acceptors (Lipinski definition) is 5. The first kappa shape index (κ1) is 19.6. The third-order valence-corrected chi connectivity index (χ3v) is 5.24. The van der Waals surface area contributed by atoms with Crippen LogP contribution in [0.25, 0.3) is 16.9 Å². The number of rotatable bonds is 6. The molecule has 0 saturated heterocycles. The van der Waals surface area contributed by atoms with Crippen LogP contribution in [0.5, 0.6) is 5.88 Å². The maximum atomic E-state index is 10.6. The number of hydrogen-bond donors (Lipinski definition) is 1. The number of benzene rings is 2. The Balaban J connectivity index is 1.70. The van der Waals surface area contributed by atoms with E-state index in [2.05, 4.69) is 28.1 Å². The van der Waals surface area contributed by atoms with E-state index in [0.717, 1.165) is 47.2 Å². The number of aromatic hydroxyl groups is 1. The molecule has 6 nitrogen and oxygen atoms in total. The van der Waals surface area contributed by atoms with Gasteiger partial charge in [0.05, 0.1) is 17.3 Å². The minimum Gasteiger partial charge on any atom is -0.493 e. The summed E-state index contributed by atoms with van der Waals surface area (Å²) in [6.45, 7) is 3.97. The molecule has 0 aliphatic carbocycles. The van der Waals surface area contributed by atoms with Gasteiger partial charge in [-0.15, -0.1) is 0 Å². The molecule has 6 heteroatoms. The van der Waals surface area contributed by atoms with E-state index < -0.39 is 0 Å². The van der Waals surface area contributed by atoms with E-state index in [9.17, 15) is 10.4 Å². The van der Waals surface area contributed by atoms with E-state index in [4.69, 9.17) is 0 Å². The van der Waals surface area contributed by atoms with E-state index in [1.54, 1.807) is 4.52 Å². The normalized spacial score (nSPS) is 11.0. The first-order valence-corrected chi connectivity index (χ1v) is 10.1. The van der Waals surface area contributed by atoms with Gasteiger partial charge in [-0.2, -0.15) is 20.3 Å². The quantitative estimate of drug-likeness (QED) is 0.513. The molecule has 30 heavy (non-hydrogen) atoms. The van der Waals surface area contributed by atoms with Gasteiger partial charge in [0.2, 0.25) is 5.88 Å². The molecular weight excluding hydrogens is 374 g/mol. The van der Waals surface area contributed by atoms with Crippen molar-refractivity contribution < 1.29 is 5.11 Å². The number of nitrogens with zero attached hydrogens (tertiary/aromatic N) is 5. The van der Waals surface area contributed by atoms with Gasteiger partial charge < -0.3 is 5.11 Å². The number of aryl methyl sites for hydroxylation is 2. The van der Waals surface area contributed by atoms with Crippen LogP contribution in [0.2, 0.25) is 0 Å². The zero-order valence-electron chi connectivity index (χ0n) is 17.1. The molecule has 0 bridgehead atoms. The van der Waals surface area contributed by atoms with E-state index in [1.165, 1.54) is 0 Å². The molecule has 0 amide bonds. The monoisotopic (exact) mass is 397 g/mol. The summed E-state index contributed by atoms with van der Waals surface area (Å²) in [6, 6.07) is 17.9. The Morgan fingerprint density at radius 1 is 1.07 bits per heavy atom. The Morgan fingerprint density at radius 3 is 2.57 bits per heavy atom. The molecule has 150 valence electrons. The van der Waals surface area contributed by atoms with E-state index in [0.29, 0.717) is 23.6 Å². The lowest BCUT2D eigenvalue weighted by molar-refractivity contribution is 0.444. The van der Waals surface area contributed by atoms with Crippen molar-refractivity contribution in [1.82, 2.24) is 19.6 Å². The predicted molar refractivity (Wildman–Crippen MR) is 115 cm³/mol. The second kappa shape index (κ2) is 8.34. The molecule has 4 aromatic rings. The van der Waals surface area contributed by atoms with Crippen LogP contribution in [0.15, 0.2) is 48.5 Å². The Bertz CT molecular complexity index is 1240. The average Bonchev–Trinajstić information content (AvgIpc) is 3.13. The molecule has 0 spiro atoms. The van der Waals surface area contributed by atoms with Gasteiger partial charge in [-0.3, -0.25) is 0 Å². The summed E-state index contributed by atoms with van der Waals surface area (Å²) in [6.07, 6.45) is 3.39. The van der Waals surface area contributed by atoms with Gasteiger partial charge in [0, 0.05) is 12.0 Å². The van der Waals surface area contributed by atoms with Crippen molar-refractivity contribution in [2.75, 3.05) is 0 Å². The van der Waals surface area contributed by atoms with Crippen LogP contribution in [-0.4, -0.2) is 24.7 Å². The second-order valence-electron chi connectivity index (χ2n) is 7.37. The fourth-order valence-corrected chi connectivity index (χ4v) is 3.70. The number of aromatic nitrogens is 4. The summed E-state index contributed by atoms with van der Waals surface area (Å²) < 4.78 is 1.76. The number of unbranched alkanes of at least 4 members (excludes halogenated alkanes) is 1. The summed E-state index contributed by atoms with van der Waals surface area (Å²) in [7, 11) is 0. The molecule has 0 unspecified atom stereocenters. The van der Waals surface area contributed by atoms with E-state index in [1.807, 2.05) is 55.5 Å². The first-order valence-electron chi connectivity index (χ1n) is 10.1.